The lowest BCUT2D eigenvalue weighted by molar-refractivity contribution is 0.0956. The molecule has 2 aromatic rings. The molecule has 136 valence electrons. The Balaban J connectivity index is 1.42. The van der Waals surface area contributed by atoms with E-state index < -0.39 is 0 Å². The number of allylic oxidation sites excluding steroid dienone is 1. The third-order valence-electron chi connectivity index (χ3n) is 4.56. The number of hydrogen-bond donors (Lipinski definition) is 2. The van der Waals surface area contributed by atoms with Crippen LogP contribution in [0.3, 0.4) is 0 Å². The van der Waals surface area contributed by atoms with Gasteiger partial charge >= 0.3 is 0 Å². The highest BCUT2D eigenvalue weighted by Gasteiger charge is 2.16. The fourth-order valence-electron chi connectivity index (χ4n) is 2.98. The molecule has 2 aromatic carbocycles. The van der Waals surface area contributed by atoms with Crippen molar-refractivity contribution in [3.05, 3.63) is 65.7 Å². The number of benzene rings is 2. The molecule has 2 atom stereocenters. The Kier molecular flexibility index (Phi) is 6.30. The Morgan fingerprint density at radius 1 is 1.23 bits per heavy atom. The van der Waals surface area contributed by atoms with E-state index >= 15 is 0 Å². The summed E-state index contributed by atoms with van der Waals surface area (Å²) in [6.45, 7) is 1.29. The van der Waals surface area contributed by atoms with Crippen molar-refractivity contribution in [1.82, 2.24) is 5.32 Å². The van der Waals surface area contributed by atoms with Gasteiger partial charge in [-0.15, -0.1) is 9.24 Å². The summed E-state index contributed by atoms with van der Waals surface area (Å²) in [6, 6.07) is 14.3. The molecule has 0 heterocycles. The number of carbonyl (C=O) groups is 1. The van der Waals surface area contributed by atoms with Crippen molar-refractivity contribution in [1.29, 1.82) is 0 Å². The fraction of sp³-hybridized carbons (Fsp3) is 0.286. The van der Waals surface area contributed by atoms with E-state index in [1.807, 2.05) is 24.3 Å². The lowest BCUT2D eigenvalue weighted by Gasteiger charge is -2.22. The molecule has 0 spiro atoms. The van der Waals surface area contributed by atoms with Gasteiger partial charge in [-0.3, -0.25) is 4.79 Å². The van der Waals surface area contributed by atoms with E-state index in [9.17, 15) is 9.90 Å². The van der Waals surface area contributed by atoms with Crippen molar-refractivity contribution in [3.63, 3.8) is 0 Å². The second-order valence-corrected chi connectivity index (χ2v) is 7.28. The number of hydrogen-bond acceptors (Lipinski definition) is 3. The third kappa shape index (κ3) is 5.34. The molecular formula is C21H24NO3P. The summed E-state index contributed by atoms with van der Waals surface area (Å²) in [5.74, 6) is 1.47. The second-order valence-electron chi connectivity index (χ2n) is 6.62. The van der Waals surface area contributed by atoms with Crippen molar-refractivity contribution < 1.29 is 14.6 Å². The maximum absolute atomic E-state index is 12.1. The third-order valence-corrected chi connectivity index (χ3v) is 4.92. The SMILES string of the molecule is O=C(NCC1=CC[C@@H](COc2cccc(P)c2)CC1)c1ccc(O)cc1. The minimum Gasteiger partial charge on any atom is -0.508 e. The highest BCUT2D eigenvalue weighted by atomic mass is 31.0. The quantitative estimate of drug-likeness (QED) is 0.606. The molecule has 2 N–H and O–H groups in total. The number of nitrogens with one attached hydrogen (secondary N) is 1. The first-order chi connectivity index (χ1) is 12.6. The molecule has 0 radical (unpaired) electrons. The van der Waals surface area contributed by atoms with Crippen molar-refractivity contribution in [3.8, 4) is 11.5 Å². The Morgan fingerprint density at radius 3 is 2.73 bits per heavy atom. The Bertz CT molecular complexity index is 786. The summed E-state index contributed by atoms with van der Waals surface area (Å²) < 4.78 is 5.89. The molecule has 1 aliphatic rings. The molecule has 0 bridgehead atoms. The standard InChI is InChI=1S/C21H24NO3P/c23-18-10-8-17(9-11-18)21(24)22-13-15-4-6-16(7-5-15)14-25-19-2-1-3-20(26)12-19/h1-4,8-12,16,23H,5-7,13-14,26H2,(H,22,24)/t16-/m1/s1. The van der Waals surface area contributed by atoms with Crippen LogP contribution >= 0.6 is 9.24 Å². The zero-order chi connectivity index (χ0) is 18.4. The van der Waals surface area contributed by atoms with Crippen LogP contribution in [0.1, 0.15) is 29.6 Å². The van der Waals surface area contributed by atoms with Gasteiger partial charge in [-0.1, -0.05) is 23.8 Å². The van der Waals surface area contributed by atoms with Gasteiger partial charge in [-0.05, 0) is 66.9 Å². The van der Waals surface area contributed by atoms with Crippen LogP contribution in [0.4, 0.5) is 0 Å². The van der Waals surface area contributed by atoms with Gasteiger partial charge in [-0.2, -0.15) is 0 Å². The van der Waals surface area contributed by atoms with Gasteiger partial charge in [0, 0.05) is 12.1 Å². The van der Waals surface area contributed by atoms with Crippen LogP contribution in [0.25, 0.3) is 0 Å². The zero-order valence-electron chi connectivity index (χ0n) is 14.7. The number of ether oxygens (including phenoxy) is 1. The Morgan fingerprint density at radius 2 is 2.04 bits per heavy atom. The number of amides is 1. The van der Waals surface area contributed by atoms with Crippen LogP contribution in [0.5, 0.6) is 11.5 Å². The van der Waals surface area contributed by atoms with Gasteiger partial charge in [0.1, 0.15) is 11.5 Å². The van der Waals surface area contributed by atoms with Gasteiger partial charge in [0.15, 0.2) is 0 Å². The van der Waals surface area contributed by atoms with E-state index in [4.69, 9.17) is 4.74 Å². The maximum Gasteiger partial charge on any atom is 0.251 e. The van der Waals surface area contributed by atoms with Gasteiger partial charge in [0.2, 0.25) is 0 Å². The topological polar surface area (TPSA) is 58.6 Å². The van der Waals surface area contributed by atoms with Crippen LogP contribution in [0.2, 0.25) is 0 Å². The van der Waals surface area contributed by atoms with Crippen LogP contribution in [-0.4, -0.2) is 24.2 Å². The average Bonchev–Trinajstić information content (AvgIpc) is 2.66. The number of carbonyl (C=O) groups excluding carboxylic acids is 1. The number of aromatic hydroxyl groups is 1. The van der Waals surface area contributed by atoms with E-state index in [-0.39, 0.29) is 11.7 Å². The highest BCUT2D eigenvalue weighted by Crippen LogP contribution is 2.24. The number of rotatable bonds is 6. The van der Waals surface area contributed by atoms with Gasteiger partial charge in [0.05, 0.1) is 6.61 Å². The summed E-state index contributed by atoms with van der Waals surface area (Å²) in [5, 5.41) is 13.3. The Labute approximate surface area is 156 Å². The predicted octanol–water partition coefficient (Wildman–Crippen LogP) is 3.43. The second kappa shape index (κ2) is 8.86. The normalized spacial score (nSPS) is 16.7. The molecule has 4 nitrogen and oxygen atoms in total. The molecule has 1 unspecified atom stereocenters. The maximum atomic E-state index is 12.1. The smallest absolute Gasteiger partial charge is 0.251 e. The summed E-state index contributed by atoms with van der Waals surface area (Å²) >= 11 is 0. The fourth-order valence-corrected chi connectivity index (χ4v) is 3.26. The predicted molar refractivity (Wildman–Crippen MR) is 107 cm³/mol. The van der Waals surface area contributed by atoms with Crippen LogP contribution < -0.4 is 15.4 Å². The zero-order valence-corrected chi connectivity index (χ0v) is 15.8. The van der Waals surface area contributed by atoms with Crippen molar-refractivity contribution >= 4 is 20.5 Å². The molecule has 1 aliphatic carbocycles. The molecule has 0 saturated heterocycles. The van der Waals surface area contributed by atoms with Gasteiger partial charge in [0.25, 0.3) is 5.91 Å². The Hall–Kier alpha value is -2.32. The van der Waals surface area contributed by atoms with E-state index in [0.717, 1.165) is 36.9 Å². The van der Waals surface area contributed by atoms with Crippen molar-refractivity contribution in [2.75, 3.05) is 13.2 Å². The minimum absolute atomic E-state index is 0.117. The van der Waals surface area contributed by atoms with Gasteiger partial charge < -0.3 is 15.2 Å². The van der Waals surface area contributed by atoms with Crippen LogP contribution in [-0.2, 0) is 0 Å². The molecule has 3 rings (SSSR count). The largest absolute Gasteiger partial charge is 0.508 e. The van der Waals surface area contributed by atoms with E-state index in [0.29, 0.717) is 18.0 Å². The van der Waals surface area contributed by atoms with E-state index in [1.54, 1.807) is 12.1 Å². The first-order valence-electron chi connectivity index (χ1n) is 8.83. The average molecular weight is 369 g/mol. The highest BCUT2D eigenvalue weighted by molar-refractivity contribution is 7.27. The van der Waals surface area contributed by atoms with E-state index in [1.165, 1.54) is 17.7 Å². The minimum atomic E-state index is -0.117. The van der Waals surface area contributed by atoms with Crippen molar-refractivity contribution in [2.45, 2.75) is 19.3 Å². The molecule has 0 saturated carbocycles. The van der Waals surface area contributed by atoms with Crippen LogP contribution in [0, 0.1) is 5.92 Å². The molecule has 0 aliphatic heterocycles. The molecule has 26 heavy (non-hydrogen) atoms. The monoisotopic (exact) mass is 369 g/mol. The lowest BCUT2D eigenvalue weighted by Crippen LogP contribution is -2.27. The number of phenolic OH excluding ortho intramolecular Hbond substituents is 1. The van der Waals surface area contributed by atoms with E-state index in [2.05, 4.69) is 20.6 Å². The summed E-state index contributed by atoms with van der Waals surface area (Å²) in [7, 11) is 2.68. The molecular weight excluding hydrogens is 345 g/mol. The molecule has 0 aromatic heterocycles. The first-order valence-corrected chi connectivity index (χ1v) is 9.41. The molecule has 0 fully saturated rings. The van der Waals surface area contributed by atoms with Crippen LogP contribution in [0.15, 0.2) is 60.2 Å². The number of phenols is 1. The lowest BCUT2D eigenvalue weighted by atomic mass is 9.90. The summed E-state index contributed by atoms with van der Waals surface area (Å²) in [6.07, 6.45) is 5.25. The summed E-state index contributed by atoms with van der Waals surface area (Å²) in [5.41, 5.74) is 1.82. The van der Waals surface area contributed by atoms with Gasteiger partial charge in [-0.25, -0.2) is 0 Å². The molecule has 5 heteroatoms. The summed E-state index contributed by atoms with van der Waals surface area (Å²) in [4.78, 5) is 12.1. The molecule has 1 amide bonds. The van der Waals surface area contributed by atoms with Crippen molar-refractivity contribution in [2.24, 2.45) is 5.92 Å². The first kappa shape index (κ1) is 18.5.